The third-order valence-corrected chi connectivity index (χ3v) is 10.1. The van der Waals surface area contributed by atoms with Crippen LogP contribution >= 0.6 is 0 Å². The number of aliphatic hydroxyl groups is 1. The molecule has 9 heteroatoms. The van der Waals surface area contributed by atoms with Crippen LogP contribution in [0.4, 0.5) is 4.79 Å². The lowest BCUT2D eigenvalue weighted by Crippen LogP contribution is -2.52. The van der Waals surface area contributed by atoms with Crippen molar-refractivity contribution in [3.63, 3.8) is 0 Å². The highest BCUT2D eigenvalue weighted by molar-refractivity contribution is 5.87. The molecule has 258 valence electrons. The molecule has 3 atom stereocenters. The second kappa shape index (κ2) is 15.2. The monoisotopic (exact) mass is 673 g/mol. The molecule has 0 radical (unpaired) electrons. The number of aromatic amines is 1. The number of benzene rings is 4. The standard InChI is InChI=1S/C41H43N3O6/c45-35(33-16-18-36(46)40-34(33)17-19-38(47)42-40)11-4-6-27-12-14-28(15-13-27)26-49-32-10-5-9-31(24-32)39(30-7-2-1-3-8-30)43-41(48)50-37-25-44-22-20-29(37)21-23-44/h1-3,5,7-10,12-19,24,29,35,37,39,45-46H,4,6,11,20-23,25-26H2,(H,42,47)(H,43,48)/t35-,37-,39?/m0/s1. The van der Waals surface area contributed by atoms with Crippen LogP contribution in [-0.4, -0.2) is 51.9 Å². The van der Waals surface area contributed by atoms with Gasteiger partial charge in [-0.25, -0.2) is 4.79 Å². The Labute approximate surface area is 291 Å². The number of aliphatic hydroxyl groups excluding tert-OH is 1. The first-order valence-electron chi connectivity index (χ1n) is 17.5. The second-order valence-corrected chi connectivity index (χ2v) is 13.4. The predicted molar refractivity (Wildman–Crippen MR) is 192 cm³/mol. The minimum absolute atomic E-state index is 0.0181. The zero-order valence-electron chi connectivity index (χ0n) is 28.0. The van der Waals surface area contributed by atoms with Crippen molar-refractivity contribution in [1.82, 2.24) is 15.2 Å². The number of H-pyrrole nitrogens is 1. The van der Waals surface area contributed by atoms with Crippen LogP contribution in [0.25, 0.3) is 10.9 Å². The molecule has 4 aromatic carbocycles. The van der Waals surface area contributed by atoms with Crippen LogP contribution < -0.4 is 15.6 Å². The highest BCUT2D eigenvalue weighted by Crippen LogP contribution is 2.32. The van der Waals surface area contributed by atoms with Crippen molar-refractivity contribution in [2.45, 2.75) is 57.0 Å². The number of nitrogens with one attached hydrogen (secondary N) is 2. The first kappa shape index (κ1) is 33.4. The van der Waals surface area contributed by atoms with E-state index in [0.717, 1.165) is 67.6 Å². The molecule has 8 rings (SSSR count). The fraction of sp³-hybridized carbons (Fsp3) is 0.317. The number of pyridine rings is 1. The van der Waals surface area contributed by atoms with E-state index >= 15 is 0 Å². The largest absolute Gasteiger partial charge is 0.506 e. The summed E-state index contributed by atoms with van der Waals surface area (Å²) >= 11 is 0. The van der Waals surface area contributed by atoms with Crippen molar-refractivity contribution in [3.8, 4) is 11.5 Å². The zero-order chi connectivity index (χ0) is 34.5. The molecule has 5 aromatic rings. The number of phenolic OH excluding ortho intramolecular Hbond substituents is 1. The number of piperidine rings is 3. The van der Waals surface area contributed by atoms with Crippen LogP contribution in [0, 0.1) is 5.92 Å². The molecule has 1 aromatic heterocycles. The van der Waals surface area contributed by atoms with Crippen molar-refractivity contribution >= 4 is 17.0 Å². The van der Waals surface area contributed by atoms with E-state index in [0.29, 0.717) is 41.2 Å². The van der Waals surface area contributed by atoms with Gasteiger partial charge >= 0.3 is 6.09 Å². The molecular weight excluding hydrogens is 630 g/mol. The normalized spacial score (nSPS) is 19.5. The third kappa shape index (κ3) is 7.85. The number of rotatable bonds is 12. The van der Waals surface area contributed by atoms with Crippen molar-refractivity contribution in [2.75, 3.05) is 19.6 Å². The number of aryl methyl sites for hydroxylation is 1. The molecule has 3 aliphatic rings. The Morgan fingerprint density at radius 1 is 0.900 bits per heavy atom. The molecule has 1 amide bonds. The Morgan fingerprint density at radius 3 is 2.42 bits per heavy atom. The number of amides is 1. The second-order valence-electron chi connectivity index (χ2n) is 13.4. The molecule has 3 saturated heterocycles. The van der Waals surface area contributed by atoms with Gasteiger partial charge in [-0.1, -0.05) is 72.8 Å². The summed E-state index contributed by atoms with van der Waals surface area (Å²) in [5.74, 6) is 1.13. The lowest BCUT2D eigenvalue weighted by Gasteiger charge is -2.43. The minimum Gasteiger partial charge on any atom is -0.506 e. The molecule has 2 bridgehead atoms. The van der Waals surface area contributed by atoms with Crippen LogP contribution in [0.5, 0.6) is 11.5 Å². The predicted octanol–water partition coefficient (Wildman–Crippen LogP) is 6.78. The quantitative estimate of drug-likeness (QED) is 0.115. The van der Waals surface area contributed by atoms with Crippen LogP contribution in [0.2, 0.25) is 0 Å². The number of phenols is 1. The van der Waals surface area contributed by atoms with Crippen molar-refractivity contribution < 1.29 is 24.5 Å². The number of ether oxygens (including phenoxy) is 2. The van der Waals surface area contributed by atoms with Gasteiger partial charge in [0, 0.05) is 18.0 Å². The summed E-state index contributed by atoms with van der Waals surface area (Å²) in [6.45, 7) is 3.39. The summed E-state index contributed by atoms with van der Waals surface area (Å²) in [5.41, 5.74) is 4.78. The first-order valence-corrected chi connectivity index (χ1v) is 17.5. The Kier molecular flexibility index (Phi) is 10.1. The van der Waals surface area contributed by atoms with Gasteiger partial charge in [-0.2, -0.15) is 0 Å². The molecule has 4 heterocycles. The molecule has 9 nitrogen and oxygen atoms in total. The van der Waals surface area contributed by atoms with E-state index in [-0.39, 0.29) is 23.5 Å². The Hall–Kier alpha value is -5.12. The van der Waals surface area contributed by atoms with Gasteiger partial charge in [0.25, 0.3) is 0 Å². The van der Waals surface area contributed by atoms with Gasteiger partial charge in [-0.05, 0) is 103 Å². The Bertz CT molecular complexity index is 1970. The summed E-state index contributed by atoms with van der Waals surface area (Å²) in [7, 11) is 0. The summed E-state index contributed by atoms with van der Waals surface area (Å²) in [6.07, 6.45) is 3.07. The van der Waals surface area contributed by atoms with E-state index < -0.39 is 12.2 Å². The molecule has 3 fully saturated rings. The van der Waals surface area contributed by atoms with Gasteiger partial charge in [0.1, 0.15) is 24.2 Å². The molecule has 50 heavy (non-hydrogen) atoms. The smallest absolute Gasteiger partial charge is 0.408 e. The maximum atomic E-state index is 13.2. The van der Waals surface area contributed by atoms with Gasteiger partial charge in [-0.15, -0.1) is 0 Å². The summed E-state index contributed by atoms with van der Waals surface area (Å²) in [5, 5.41) is 24.8. The molecule has 4 N–H and O–H groups in total. The van der Waals surface area contributed by atoms with Crippen molar-refractivity contribution in [3.05, 3.63) is 141 Å². The number of aromatic hydroxyl groups is 1. The van der Waals surface area contributed by atoms with E-state index in [1.807, 2.05) is 54.6 Å². The van der Waals surface area contributed by atoms with E-state index in [9.17, 15) is 19.8 Å². The Balaban J connectivity index is 0.939. The molecule has 0 spiro atoms. The van der Waals surface area contributed by atoms with Gasteiger partial charge < -0.3 is 30.0 Å². The van der Waals surface area contributed by atoms with Gasteiger partial charge in [0.15, 0.2) is 0 Å². The van der Waals surface area contributed by atoms with Crippen LogP contribution in [0.15, 0.2) is 108 Å². The maximum Gasteiger partial charge on any atom is 0.408 e. The molecule has 3 aliphatic heterocycles. The Morgan fingerprint density at radius 2 is 1.66 bits per heavy atom. The first-order chi connectivity index (χ1) is 24.4. The fourth-order valence-corrected chi connectivity index (χ4v) is 7.30. The number of aromatic nitrogens is 1. The minimum atomic E-state index is -0.722. The summed E-state index contributed by atoms with van der Waals surface area (Å²) in [4.78, 5) is 29.9. The third-order valence-electron chi connectivity index (χ3n) is 10.1. The number of nitrogens with zero attached hydrogens (tertiary/aromatic N) is 1. The van der Waals surface area contributed by atoms with E-state index in [1.165, 1.54) is 12.1 Å². The average Bonchev–Trinajstić information content (AvgIpc) is 3.15. The lowest BCUT2D eigenvalue weighted by molar-refractivity contribution is -0.0336. The number of hydrogen-bond donors (Lipinski definition) is 4. The van der Waals surface area contributed by atoms with Crippen molar-refractivity contribution in [2.24, 2.45) is 5.92 Å². The molecule has 0 saturated carbocycles. The number of carbonyl (C=O) groups excluding carboxylic acids is 1. The highest BCUT2D eigenvalue weighted by Gasteiger charge is 2.37. The topological polar surface area (TPSA) is 124 Å². The van der Waals surface area contributed by atoms with Crippen LogP contribution in [-0.2, 0) is 17.8 Å². The number of hydrogen-bond acceptors (Lipinski definition) is 7. The number of alkyl carbamates (subject to hydrolysis) is 1. The highest BCUT2D eigenvalue weighted by atomic mass is 16.6. The number of carbonyl (C=O) groups is 1. The van der Waals surface area contributed by atoms with Crippen LogP contribution in [0.3, 0.4) is 0 Å². The molecule has 0 aliphatic carbocycles. The summed E-state index contributed by atoms with van der Waals surface area (Å²) in [6, 6.07) is 31.9. The van der Waals surface area contributed by atoms with Crippen LogP contribution in [0.1, 0.15) is 65.6 Å². The van der Waals surface area contributed by atoms with E-state index in [2.05, 4.69) is 39.5 Å². The average molecular weight is 674 g/mol. The summed E-state index contributed by atoms with van der Waals surface area (Å²) < 4.78 is 12.2. The van der Waals surface area contributed by atoms with Crippen molar-refractivity contribution in [1.29, 1.82) is 0 Å². The van der Waals surface area contributed by atoms with E-state index in [1.54, 1.807) is 12.1 Å². The van der Waals surface area contributed by atoms with E-state index in [4.69, 9.17) is 9.47 Å². The van der Waals surface area contributed by atoms with Gasteiger partial charge in [-0.3, -0.25) is 9.69 Å². The SMILES string of the molecule is O=C(NC(c1ccccc1)c1cccc(OCc2ccc(CCC[C@H](O)c3ccc(O)c4[nH]c(=O)ccc34)cc2)c1)O[C@H]1CN2CCC1CC2. The number of fused-ring (bicyclic) bond motifs is 4. The fourth-order valence-electron chi connectivity index (χ4n) is 7.30. The molecular formula is C41H43N3O6. The zero-order valence-corrected chi connectivity index (χ0v) is 28.0. The molecule has 1 unspecified atom stereocenters. The maximum absolute atomic E-state index is 13.2. The lowest BCUT2D eigenvalue weighted by atomic mass is 9.86. The van der Waals surface area contributed by atoms with Gasteiger partial charge in [0.2, 0.25) is 5.56 Å². The van der Waals surface area contributed by atoms with Gasteiger partial charge in [0.05, 0.1) is 17.7 Å².